The normalized spacial score (nSPS) is 15.2. The number of alkyl halides is 3. The van der Waals surface area contributed by atoms with Crippen molar-refractivity contribution in [2.24, 2.45) is 5.73 Å². The first kappa shape index (κ1) is 11.7. The minimum absolute atomic E-state index is 0.174. The molecule has 2 nitrogen and oxygen atoms in total. The van der Waals surface area contributed by atoms with Crippen molar-refractivity contribution in [2.75, 3.05) is 20.1 Å². The summed E-state index contributed by atoms with van der Waals surface area (Å²) < 4.78 is 35.6. The molecule has 0 aromatic rings. The maximum atomic E-state index is 11.9. The Hall–Kier alpha value is -0.290. The van der Waals surface area contributed by atoms with Gasteiger partial charge in [0.15, 0.2) is 0 Å². The van der Waals surface area contributed by atoms with Crippen LogP contribution >= 0.6 is 0 Å². The highest BCUT2D eigenvalue weighted by atomic mass is 19.4. The number of hydrogen-bond donors (Lipinski definition) is 1. The lowest BCUT2D eigenvalue weighted by atomic mass is 10.2. The van der Waals surface area contributed by atoms with Crippen LogP contribution in [0.15, 0.2) is 0 Å². The van der Waals surface area contributed by atoms with Crippen molar-refractivity contribution in [3.05, 3.63) is 0 Å². The van der Waals surface area contributed by atoms with Crippen LogP contribution in [0.1, 0.15) is 13.3 Å². The molecule has 1 unspecified atom stereocenters. The van der Waals surface area contributed by atoms with Gasteiger partial charge in [-0.2, -0.15) is 13.2 Å². The molecule has 0 aliphatic carbocycles. The summed E-state index contributed by atoms with van der Waals surface area (Å²) in [6.45, 7) is 1.20. The van der Waals surface area contributed by atoms with Crippen molar-refractivity contribution in [3.8, 4) is 0 Å². The van der Waals surface area contributed by atoms with Gasteiger partial charge in [0.05, 0.1) is 6.54 Å². The molecule has 0 aliphatic rings. The number of nitrogens with two attached hydrogens (primary N) is 1. The number of hydrogen-bond acceptors (Lipinski definition) is 2. The van der Waals surface area contributed by atoms with E-state index in [0.29, 0.717) is 6.42 Å². The van der Waals surface area contributed by atoms with Gasteiger partial charge in [-0.25, -0.2) is 0 Å². The van der Waals surface area contributed by atoms with Crippen molar-refractivity contribution in [1.82, 2.24) is 4.90 Å². The molecule has 0 radical (unpaired) electrons. The average Bonchev–Trinajstić information content (AvgIpc) is 1.85. The van der Waals surface area contributed by atoms with Gasteiger partial charge in [0.2, 0.25) is 0 Å². The van der Waals surface area contributed by atoms with Gasteiger partial charge in [-0.15, -0.1) is 0 Å². The van der Waals surface area contributed by atoms with E-state index in [0.717, 1.165) is 0 Å². The molecule has 0 aliphatic heterocycles. The van der Waals surface area contributed by atoms with Crippen molar-refractivity contribution >= 4 is 0 Å². The van der Waals surface area contributed by atoms with Gasteiger partial charge >= 0.3 is 6.18 Å². The monoisotopic (exact) mass is 184 g/mol. The topological polar surface area (TPSA) is 29.3 Å². The Balaban J connectivity index is 3.92. The minimum atomic E-state index is -4.13. The Bertz CT molecular complexity index is 120. The first-order valence-corrected chi connectivity index (χ1v) is 3.87. The van der Waals surface area contributed by atoms with Gasteiger partial charge in [-0.1, -0.05) is 6.92 Å². The van der Waals surface area contributed by atoms with Crippen LogP contribution in [-0.2, 0) is 0 Å². The summed E-state index contributed by atoms with van der Waals surface area (Å²) in [5, 5.41) is 0. The van der Waals surface area contributed by atoms with E-state index in [4.69, 9.17) is 5.73 Å². The summed E-state index contributed by atoms with van der Waals surface area (Å²) in [4.78, 5) is 1.24. The standard InChI is InChI=1S/C7H15F3N2/c1-3-6(4-11)12(2)5-7(8,9)10/h6H,3-5,11H2,1-2H3. The van der Waals surface area contributed by atoms with Gasteiger partial charge in [-0.05, 0) is 13.5 Å². The predicted octanol–water partition coefficient (Wildman–Crippen LogP) is 1.22. The molecule has 1 atom stereocenters. The van der Waals surface area contributed by atoms with Crippen LogP contribution < -0.4 is 5.73 Å². The lowest BCUT2D eigenvalue weighted by Crippen LogP contribution is -2.42. The van der Waals surface area contributed by atoms with E-state index < -0.39 is 12.7 Å². The van der Waals surface area contributed by atoms with E-state index in [-0.39, 0.29) is 12.6 Å². The smallest absolute Gasteiger partial charge is 0.329 e. The third-order valence-electron chi connectivity index (χ3n) is 1.80. The Kier molecular flexibility index (Phi) is 4.55. The molecule has 0 fully saturated rings. The third-order valence-corrected chi connectivity index (χ3v) is 1.80. The summed E-state index contributed by atoms with van der Waals surface area (Å²) in [6, 6.07) is -0.174. The highest BCUT2D eigenvalue weighted by Gasteiger charge is 2.30. The molecule has 0 heterocycles. The minimum Gasteiger partial charge on any atom is -0.329 e. The molecule has 5 heteroatoms. The summed E-state index contributed by atoms with van der Waals surface area (Å²) >= 11 is 0. The molecule has 0 aromatic carbocycles. The number of nitrogens with zero attached hydrogens (tertiary/aromatic N) is 1. The first-order chi connectivity index (χ1) is 5.40. The van der Waals surface area contributed by atoms with Crippen LogP contribution in [0, 0.1) is 0 Å². The summed E-state index contributed by atoms with van der Waals surface area (Å²) in [7, 11) is 1.44. The van der Waals surface area contributed by atoms with E-state index in [1.165, 1.54) is 11.9 Å². The Morgan fingerprint density at radius 2 is 1.92 bits per heavy atom. The molecule has 0 bridgehead atoms. The third kappa shape index (κ3) is 4.56. The van der Waals surface area contributed by atoms with Gasteiger partial charge in [0.1, 0.15) is 0 Å². The molecule has 74 valence electrons. The molecular formula is C7H15F3N2. The van der Waals surface area contributed by atoms with E-state index in [9.17, 15) is 13.2 Å². The highest BCUT2D eigenvalue weighted by molar-refractivity contribution is 4.70. The van der Waals surface area contributed by atoms with E-state index in [1.54, 1.807) is 0 Å². The lowest BCUT2D eigenvalue weighted by molar-refractivity contribution is -0.147. The van der Waals surface area contributed by atoms with Gasteiger partial charge in [0, 0.05) is 12.6 Å². The zero-order chi connectivity index (χ0) is 9.78. The quantitative estimate of drug-likeness (QED) is 0.711. The maximum absolute atomic E-state index is 11.9. The second-order valence-corrected chi connectivity index (χ2v) is 2.83. The fraction of sp³-hybridized carbons (Fsp3) is 1.00. The van der Waals surface area contributed by atoms with Crippen molar-refractivity contribution in [2.45, 2.75) is 25.6 Å². The Labute approximate surface area is 70.5 Å². The molecule has 0 amide bonds. The van der Waals surface area contributed by atoms with Crippen LogP contribution in [0.4, 0.5) is 13.2 Å². The molecule has 0 aromatic heterocycles. The largest absolute Gasteiger partial charge is 0.401 e. The van der Waals surface area contributed by atoms with E-state index in [2.05, 4.69) is 0 Å². The number of rotatable bonds is 4. The molecule has 12 heavy (non-hydrogen) atoms. The fourth-order valence-electron chi connectivity index (χ4n) is 1.07. The summed E-state index contributed by atoms with van der Waals surface area (Å²) in [5.41, 5.74) is 5.29. The first-order valence-electron chi connectivity index (χ1n) is 3.87. The zero-order valence-corrected chi connectivity index (χ0v) is 7.36. The summed E-state index contributed by atoms with van der Waals surface area (Å²) in [6.07, 6.45) is -3.49. The Morgan fingerprint density at radius 1 is 1.42 bits per heavy atom. The average molecular weight is 184 g/mol. The van der Waals surface area contributed by atoms with Crippen LogP contribution in [0.5, 0.6) is 0 Å². The molecule has 0 saturated carbocycles. The van der Waals surface area contributed by atoms with Gasteiger partial charge in [-0.3, -0.25) is 4.90 Å². The summed E-state index contributed by atoms with van der Waals surface area (Å²) in [5.74, 6) is 0. The maximum Gasteiger partial charge on any atom is 0.401 e. The zero-order valence-electron chi connectivity index (χ0n) is 7.36. The Morgan fingerprint density at radius 3 is 2.17 bits per heavy atom. The van der Waals surface area contributed by atoms with Crippen molar-refractivity contribution < 1.29 is 13.2 Å². The number of halogens is 3. The van der Waals surface area contributed by atoms with E-state index >= 15 is 0 Å². The van der Waals surface area contributed by atoms with Crippen LogP contribution in [0.3, 0.4) is 0 Å². The molecule has 0 saturated heterocycles. The van der Waals surface area contributed by atoms with Crippen molar-refractivity contribution in [3.63, 3.8) is 0 Å². The predicted molar refractivity (Wildman–Crippen MR) is 41.8 cm³/mol. The van der Waals surface area contributed by atoms with Gasteiger partial charge < -0.3 is 5.73 Å². The van der Waals surface area contributed by atoms with Crippen LogP contribution in [0.2, 0.25) is 0 Å². The second kappa shape index (κ2) is 4.67. The molecular weight excluding hydrogens is 169 g/mol. The van der Waals surface area contributed by atoms with Crippen molar-refractivity contribution in [1.29, 1.82) is 0 Å². The van der Waals surface area contributed by atoms with Gasteiger partial charge in [0.25, 0.3) is 0 Å². The fourth-order valence-corrected chi connectivity index (χ4v) is 1.07. The highest BCUT2D eigenvalue weighted by Crippen LogP contribution is 2.17. The number of likely N-dealkylation sites (N-methyl/N-ethyl adjacent to an activating group) is 1. The second-order valence-electron chi connectivity index (χ2n) is 2.83. The SMILES string of the molecule is CCC(CN)N(C)CC(F)(F)F. The van der Waals surface area contributed by atoms with E-state index in [1.807, 2.05) is 6.92 Å². The lowest BCUT2D eigenvalue weighted by Gasteiger charge is -2.26. The molecule has 0 spiro atoms. The van der Waals surface area contributed by atoms with Crippen LogP contribution in [-0.4, -0.2) is 37.3 Å². The molecule has 0 rings (SSSR count). The molecule has 2 N–H and O–H groups in total. The van der Waals surface area contributed by atoms with Crippen LogP contribution in [0.25, 0.3) is 0 Å².